The summed E-state index contributed by atoms with van der Waals surface area (Å²) in [5.74, 6) is 0.175. The molecule has 0 aliphatic carbocycles. The molecule has 0 saturated carbocycles. The SMILES string of the molecule is CC1Cc2ccccc2N1CCNC(=O)CC1CCCN1.Cl.Cl. The second kappa shape index (κ2) is 9.36. The first kappa shape index (κ1) is 20.1. The number of nitrogens with zero attached hydrogens (tertiary/aromatic N) is 1. The maximum Gasteiger partial charge on any atom is 0.221 e. The molecule has 0 radical (unpaired) electrons. The zero-order chi connectivity index (χ0) is 14.7. The lowest BCUT2D eigenvalue weighted by molar-refractivity contribution is -0.121. The van der Waals surface area contributed by atoms with Crippen molar-refractivity contribution in [3.63, 3.8) is 0 Å². The molecule has 1 saturated heterocycles. The molecule has 2 heterocycles. The van der Waals surface area contributed by atoms with Gasteiger partial charge < -0.3 is 15.5 Å². The molecule has 2 N–H and O–H groups in total. The van der Waals surface area contributed by atoms with E-state index in [0.717, 1.165) is 32.5 Å². The molecule has 23 heavy (non-hydrogen) atoms. The molecule has 2 aliphatic rings. The van der Waals surface area contributed by atoms with Crippen molar-refractivity contribution in [3.05, 3.63) is 29.8 Å². The molecule has 6 heteroatoms. The Hall–Kier alpha value is -0.970. The van der Waals surface area contributed by atoms with Crippen molar-refractivity contribution in [2.45, 2.75) is 44.7 Å². The molecule has 3 rings (SSSR count). The monoisotopic (exact) mass is 359 g/mol. The molecule has 0 spiro atoms. The van der Waals surface area contributed by atoms with E-state index in [1.165, 1.54) is 17.7 Å². The summed E-state index contributed by atoms with van der Waals surface area (Å²) in [5.41, 5.74) is 2.75. The van der Waals surface area contributed by atoms with Crippen LogP contribution in [0.4, 0.5) is 5.69 Å². The number of hydrogen-bond acceptors (Lipinski definition) is 3. The summed E-state index contributed by atoms with van der Waals surface area (Å²) in [6.45, 7) is 4.93. The van der Waals surface area contributed by atoms with Gasteiger partial charge in [-0.05, 0) is 44.4 Å². The normalized spacial score (nSPS) is 22.0. The standard InChI is InChI=1S/C17H25N3O.2ClH/c1-13-11-14-5-2-3-7-16(14)20(13)10-9-19-17(21)12-15-6-4-8-18-15;;/h2-3,5,7,13,15,18H,4,6,8-12H2,1H3,(H,19,21);2*1H. The smallest absolute Gasteiger partial charge is 0.221 e. The number of para-hydroxylation sites is 1. The van der Waals surface area contributed by atoms with E-state index in [2.05, 4.69) is 46.7 Å². The highest BCUT2D eigenvalue weighted by atomic mass is 35.5. The summed E-state index contributed by atoms with van der Waals surface area (Å²) in [5, 5.41) is 6.44. The summed E-state index contributed by atoms with van der Waals surface area (Å²) in [4.78, 5) is 14.3. The van der Waals surface area contributed by atoms with E-state index in [0.29, 0.717) is 18.5 Å². The van der Waals surface area contributed by atoms with E-state index in [9.17, 15) is 4.79 Å². The maximum atomic E-state index is 11.9. The number of anilines is 1. The van der Waals surface area contributed by atoms with Gasteiger partial charge in [0.1, 0.15) is 0 Å². The van der Waals surface area contributed by atoms with Crippen molar-refractivity contribution in [3.8, 4) is 0 Å². The lowest BCUT2D eigenvalue weighted by Gasteiger charge is -2.25. The van der Waals surface area contributed by atoms with Gasteiger partial charge in [0.2, 0.25) is 5.91 Å². The van der Waals surface area contributed by atoms with Gasteiger partial charge >= 0.3 is 0 Å². The van der Waals surface area contributed by atoms with Gasteiger partial charge in [0.15, 0.2) is 0 Å². The number of fused-ring (bicyclic) bond motifs is 1. The van der Waals surface area contributed by atoms with Gasteiger partial charge in [0, 0.05) is 37.3 Å². The highest BCUT2D eigenvalue weighted by Crippen LogP contribution is 2.31. The number of rotatable bonds is 5. The fourth-order valence-corrected chi connectivity index (χ4v) is 3.51. The number of halogens is 2. The molecule has 1 aromatic carbocycles. The van der Waals surface area contributed by atoms with Crippen LogP contribution in [-0.2, 0) is 11.2 Å². The van der Waals surface area contributed by atoms with Gasteiger partial charge in [-0.25, -0.2) is 0 Å². The molecule has 1 fully saturated rings. The highest BCUT2D eigenvalue weighted by molar-refractivity contribution is 5.85. The Kier molecular flexibility index (Phi) is 8.17. The first-order valence-corrected chi connectivity index (χ1v) is 8.08. The highest BCUT2D eigenvalue weighted by Gasteiger charge is 2.25. The van der Waals surface area contributed by atoms with Crippen molar-refractivity contribution in [1.29, 1.82) is 0 Å². The van der Waals surface area contributed by atoms with Crippen molar-refractivity contribution in [2.75, 3.05) is 24.5 Å². The third-order valence-electron chi connectivity index (χ3n) is 4.62. The first-order chi connectivity index (χ1) is 10.2. The molecule has 130 valence electrons. The fraction of sp³-hybridized carbons (Fsp3) is 0.588. The molecule has 2 atom stereocenters. The van der Waals surface area contributed by atoms with E-state index in [-0.39, 0.29) is 30.7 Å². The van der Waals surface area contributed by atoms with Crippen LogP contribution in [0.25, 0.3) is 0 Å². The average molecular weight is 360 g/mol. The number of benzene rings is 1. The minimum Gasteiger partial charge on any atom is -0.367 e. The van der Waals surface area contributed by atoms with Gasteiger partial charge in [0.05, 0.1) is 0 Å². The zero-order valence-electron chi connectivity index (χ0n) is 13.6. The quantitative estimate of drug-likeness (QED) is 0.848. The number of nitrogens with one attached hydrogen (secondary N) is 2. The summed E-state index contributed by atoms with van der Waals surface area (Å²) in [6.07, 6.45) is 4.05. The topological polar surface area (TPSA) is 44.4 Å². The number of hydrogen-bond donors (Lipinski definition) is 2. The molecule has 4 nitrogen and oxygen atoms in total. The molecule has 0 aromatic heterocycles. The van der Waals surface area contributed by atoms with Crippen LogP contribution in [-0.4, -0.2) is 37.6 Å². The van der Waals surface area contributed by atoms with Crippen LogP contribution < -0.4 is 15.5 Å². The number of carbonyl (C=O) groups is 1. The summed E-state index contributed by atoms with van der Waals surface area (Å²) in [6, 6.07) is 9.49. The molecular formula is C17H27Cl2N3O. The van der Waals surface area contributed by atoms with E-state index >= 15 is 0 Å². The molecule has 2 unspecified atom stereocenters. The van der Waals surface area contributed by atoms with Crippen molar-refractivity contribution in [1.82, 2.24) is 10.6 Å². The Labute approximate surface area is 151 Å². The van der Waals surface area contributed by atoms with Crippen molar-refractivity contribution < 1.29 is 4.79 Å². The predicted octanol–water partition coefficient (Wildman–Crippen LogP) is 2.54. The largest absolute Gasteiger partial charge is 0.367 e. The van der Waals surface area contributed by atoms with Crippen LogP contribution >= 0.6 is 24.8 Å². The average Bonchev–Trinajstić information content (AvgIpc) is 3.07. The minimum atomic E-state index is 0. The van der Waals surface area contributed by atoms with E-state index in [4.69, 9.17) is 0 Å². The second-order valence-electron chi connectivity index (χ2n) is 6.22. The second-order valence-corrected chi connectivity index (χ2v) is 6.22. The molecule has 1 aromatic rings. The summed E-state index contributed by atoms with van der Waals surface area (Å²) in [7, 11) is 0. The van der Waals surface area contributed by atoms with Crippen LogP contribution in [0.2, 0.25) is 0 Å². The van der Waals surface area contributed by atoms with Crippen LogP contribution in [0.3, 0.4) is 0 Å². The van der Waals surface area contributed by atoms with Crippen LogP contribution in [0, 0.1) is 0 Å². The number of amides is 1. The van der Waals surface area contributed by atoms with Crippen LogP contribution in [0.5, 0.6) is 0 Å². The van der Waals surface area contributed by atoms with Gasteiger partial charge in [-0.3, -0.25) is 4.79 Å². The zero-order valence-corrected chi connectivity index (χ0v) is 15.2. The van der Waals surface area contributed by atoms with Crippen molar-refractivity contribution in [2.24, 2.45) is 0 Å². The van der Waals surface area contributed by atoms with Crippen LogP contribution in [0.1, 0.15) is 31.7 Å². The molecule has 1 amide bonds. The third-order valence-corrected chi connectivity index (χ3v) is 4.62. The van der Waals surface area contributed by atoms with E-state index in [1.807, 2.05) is 0 Å². The van der Waals surface area contributed by atoms with Crippen molar-refractivity contribution >= 4 is 36.4 Å². The summed E-state index contributed by atoms with van der Waals surface area (Å²) >= 11 is 0. The molecular weight excluding hydrogens is 333 g/mol. The van der Waals surface area contributed by atoms with Gasteiger partial charge in [0.25, 0.3) is 0 Å². The minimum absolute atomic E-state index is 0. The van der Waals surface area contributed by atoms with Gasteiger partial charge in [-0.15, -0.1) is 24.8 Å². The number of carbonyl (C=O) groups excluding carboxylic acids is 1. The molecule has 0 bridgehead atoms. The lowest BCUT2D eigenvalue weighted by Crippen LogP contribution is -2.39. The Morgan fingerprint density at radius 3 is 2.87 bits per heavy atom. The van der Waals surface area contributed by atoms with Gasteiger partial charge in [-0.2, -0.15) is 0 Å². The van der Waals surface area contributed by atoms with E-state index < -0.39 is 0 Å². The van der Waals surface area contributed by atoms with E-state index in [1.54, 1.807) is 0 Å². The maximum absolute atomic E-state index is 11.9. The Balaban J connectivity index is 0.00000132. The Morgan fingerprint density at radius 2 is 2.13 bits per heavy atom. The first-order valence-electron chi connectivity index (χ1n) is 8.08. The predicted molar refractivity (Wildman–Crippen MR) is 100 cm³/mol. The molecule has 2 aliphatic heterocycles. The fourth-order valence-electron chi connectivity index (χ4n) is 3.51. The van der Waals surface area contributed by atoms with Gasteiger partial charge in [-0.1, -0.05) is 18.2 Å². The summed E-state index contributed by atoms with van der Waals surface area (Å²) < 4.78 is 0. The Morgan fingerprint density at radius 1 is 1.35 bits per heavy atom. The third kappa shape index (κ3) is 5.00. The Bertz CT molecular complexity index is 506. The lowest BCUT2D eigenvalue weighted by atomic mass is 10.1. The van der Waals surface area contributed by atoms with Crippen LogP contribution in [0.15, 0.2) is 24.3 Å².